The van der Waals surface area contributed by atoms with Gasteiger partial charge in [0.2, 0.25) is 0 Å². The second-order valence-electron chi connectivity index (χ2n) is 5.07. The third-order valence-corrected chi connectivity index (χ3v) is 3.35. The number of methoxy groups -OCH3 is 1. The first kappa shape index (κ1) is 16.4. The molecule has 112 valence electrons. The van der Waals surface area contributed by atoms with Crippen LogP contribution in [-0.2, 0) is 14.3 Å². The molecule has 6 heteroatoms. The lowest BCUT2D eigenvalue weighted by Gasteiger charge is -2.20. The topological polar surface area (TPSA) is 79.2 Å². The number of likely N-dealkylation sites (tertiary alicyclic amines) is 1. The lowest BCUT2D eigenvalue weighted by atomic mass is 10.0. The average molecular weight is 275 g/mol. The number of aliphatic carboxylic acids is 1. The zero-order valence-electron chi connectivity index (χ0n) is 11.6. The fraction of sp³-hybridized carbons (Fsp3) is 0.923. The summed E-state index contributed by atoms with van der Waals surface area (Å²) in [5.41, 5.74) is 0. The normalized spacial score (nSPS) is 21.7. The highest BCUT2D eigenvalue weighted by atomic mass is 16.5. The second kappa shape index (κ2) is 9.25. The van der Waals surface area contributed by atoms with Crippen molar-refractivity contribution in [3.63, 3.8) is 0 Å². The van der Waals surface area contributed by atoms with Crippen LogP contribution >= 0.6 is 0 Å². The standard InChI is InChI=1S/C13H25NO5/c1-18-6-7-19-10-12(15)9-14-5-4-11(8-14)2-3-13(16)17/h11-12,15H,2-10H2,1H3,(H,16,17). The third kappa shape index (κ3) is 7.47. The van der Waals surface area contributed by atoms with Gasteiger partial charge in [0.1, 0.15) is 0 Å². The Morgan fingerprint density at radius 1 is 1.47 bits per heavy atom. The molecule has 0 aliphatic carbocycles. The molecule has 6 nitrogen and oxygen atoms in total. The molecule has 0 aromatic heterocycles. The lowest BCUT2D eigenvalue weighted by Crippen LogP contribution is -2.33. The summed E-state index contributed by atoms with van der Waals surface area (Å²) in [6.45, 7) is 3.75. The number of ether oxygens (including phenoxy) is 2. The number of carboxylic acids is 1. The van der Waals surface area contributed by atoms with Gasteiger partial charge in [-0.2, -0.15) is 0 Å². The van der Waals surface area contributed by atoms with Crippen molar-refractivity contribution in [1.29, 1.82) is 0 Å². The van der Waals surface area contributed by atoms with Gasteiger partial charge in [-0.05, 0) is 25.3 Å². The zero-order valence-corrected chi connectivity index (χ0v) is 11.6. The van der Waals surface area contributed by atoms with Crippen LogP contribution in [0.2, 0.25) is 0 Å². The van der Waals surface area contributed by atoms with E-state index in [4.69, 9.17) is 14.6 Å². The highest BCUT2D eigenvalue weighted by molar-refractivity contribution is 5.66. The molecule has 1 aliphatic rings. The van der Waals surface area contributed by atoms with E-state index in [0.717, 1.165) is 25.9 Å². The Bertz CT molecular complexity index is 261. The molecule has 0 radical (unpaired) electrons. The predicted octanol–water partition coefficient (Wildman–Crippen LogP) is 0.197. The minimum absolute atomic E-state index is 0.237. The number of β-amino-alcohol motifs (C(OH)–C–C–N with tert-alkyl or cyclic N) is 1. The van der Waals surface area contributed by atoms with Gasteiger partial charge >= 0.3 is 5.97 Å². The Hall–Kier alpha value is -0.690. The summed E-state index contributed by atoms with van der Waals surface area (Å²) in [4.78, 5) is 12.7. The molecule has 0 aromatic carbocycles. The van der Waals surface area contributed by atoms with Crippen molar-refractivity contribution in [3.8, 4) is 0 Å². The first-order valence-electron chi connectivity index (χ1n) is 6.80. The van der Waals surface area contributed by atoms with Crippen molar-refractivity contribution in [3.05, 3.63) is 0 Å². The van der Waals surface area contributed by atoms with E-state index in [1.54, 1.807) is 7.11 Å². The minimum atomic E-state index is -0.731. The number of carboxylic acid groups (broad SMARTS) is 1. The summed E-state index contributed by atoms with van der Waals surface area (Å²) in [7, 11) is 1.61. The van der Waals surface area contributed by atoms with Crippen LogP contribution < -0.4 is 0 Å². The van der Waals surface area contributed by atoms with Gasteiger partial charge in [0.25, 0.3) is 0 Å². The quantitative estimate of drug-likeness (QED) is 0.554. The first-order valence-corrected chi connectivity index (χ1v) is 6.80. The van der Waals surface area contributed by atoms with Gasteiger partial charge in [0.05, 0.1) is 25.9 Å². The summed E-state index contributed by atoms with van der Waals surface area (Å²) in [6.07, 6.45) is 1.49. The fourth-order valence-corrected chi connectivity index (χ4v) is 2.35. The van der Waals surface area contributed by atoms with Crippen LogP contribution in [0.3, 0.4) is 0 Å². The van der Waals surface area contributed by atoms with Crippen molar-refractivity contribution in [2.24, 2.45) is 5.92 Å². The third-order valence-electron chi connectivity index (χ3n) is 3.35. The molecule has 1 aliphatic heterocycles. The van der Waals surface area contributed by atoms with Crippen molar-refractivity contribution in [2.75, 3.05) is 46.6 Å². The van der Waals surface area contributed by atoms with Gasteiger partial charge in [-0.25, -0.2) is 0 Å². The van der Waals surface area contributed by atoms with E-state index < -0.39 is 12.1 Å². The highest BCUT2D eigenvalue weighted by Crippen LogP contribution is 2.21. The van der Waals surface area contributed by atoms with Crippen LogP contribution in [0.4, 0.5) is 0 Å². The molecule has 0 bridgehead atoms. The summed E-state index contributed by atoms with van der Waals surface area (Å²) < 4.78 is 10.1. The van der Waals surface area contributed by atoms with E-state index in [9.17, 15) is 9.90 Å². The van der Waals surface area contributed by atoms with Crippen LogP contribution in [0.15, 0.2) is 0 Å². The first-order chi connectivity index (χ1) is 9.11. The van der Waals surface area contributed by atoms with Crippen LogP contribution in [-0.4, -0.2) is 73.8 Å². The van der Waals surface area contributed by atoms with E-state index in [1.165, 1.54) is 0 Å². The number of hydrogen-bond acceptors (Lipinski definition) is 5. The molecule has 1 heterocycles. The lowest BCUT2D eigenvalue weighted by molar-refractivity contribution is -0.137. The maximum Gasteiger partial charge on any atom is 0.303 e. The van der Waals surface area contributed by atoms with Crippen molar-refractivity contribution >= 4 is 5.97 Å². The molecule has 0 aromatic rings. The Morgan fingerprint density at radius 2 is 2.26 bits per heavy atom. The fourth-order valence-electron chi connectivity index (χ4n) is 2.35. The van der Waals surface area contributed by atoms with Gasteiger partial charge < -0.3 is 24.6 Å². The molecule has 1 saturated heterocycles. The van der Waals surface area contributed by atoms with Gasteiger partial charge in [-0.1, -0.05) is 0 Å². The van der Waals surface area contributed by atoms with E-state index in [1.807, 2.05) is 0 Å². The Kier molecular flexibility index (Phi) is 7.97. The molecule has 0 amide bonds. The molecule has 2 atom stereocenters. The largest absolute Gasteiger partial charge is 0.481 e. The maximum atomic E-state index is 10.5. The van der Waals surface area contributed by atoms with Crippen LogP contribution in [0.1, 0.15) is 19.3 Å². The number of carbonyl (C=O) groups is 1. The van der Waals surface area contributed by atoms with Gasteiger partial charge in [-0.3, -0.25) is 4.79 Å². The minimum Gasteiger partial charge on any atom is -0.481 e. The monoisotopic (exact) mass is 275 g/mol. The Balaban J connectivity index is 2.08. The van der Waals surface area contributed by atoms with Crippen LogP contribution in [0.25, 0.3) is 0 Å². The van der Waals surface area contributed by atoms with E-state index in [-0.39, 0.29) is 6.42 Å². The van der Waals surface area contributed by atoms with E-state index in [0.29, 0.717) is 32.3 Å². The van der Waals surface area contributed by atoms with Crippen molar-refractivity contribution in [2.45, 2.75) is 25.4 Å². The number of hydrogen-bond donors (Lipinski definition) is 2. The Labute approximate surface area is 114 Å². The molecule has 1 fully saturated rings. The van der Waals surface area contributed by atoms with Gasteiger partial charge in [-0.15, -0.1) is 0 Å². The summed E-state index contributed by atoms with van der Waals surface area (Å²) in [5, 5.41) is 18.5. The molecule has 2 N–H and O–H groups in total. The molecule has 2 unspecified atom stereocenters. The van der Waals surface area contributed by atoms with Crippen LogP contribution in [0.5, 0.6) is 0 Å². The van der Waals surface area contributed by atoms with Crippen molar-refractivity contribution < 1.29 is 24.5 Å². The van der Waals surface area contributed by atoms with E-state index in [2.05, 4.69) is 4.90 Å². The zero-order chi connectivity index (χ0) is 14.1. The average Bonchev–Trinajstić information content (AvgIpc) is 2.80. The smallest absolute Gasteiger partial charge is 0.303 e. The van der Waals surface area contributed by atoms with Gasteiger partial charge in [0, 0.05) is 26.6 Å². The summed E-state index contributed by atoms with van der Waals surface area (Å²) >= 11 is 0. The van der Waals surface area contributed by atoms with Crippen LogP contribution in [0, 0.1) is 5.92 Å². The molecule has 0 spiro atoms. The summed E-state index contributed by atoms with van der Waals surface area (Å²) in [5.74, 6) is -0.289. The highest BCUT2D eigenvalue weighted by Gasteiger charge is 2.24. The predicted molar refractivity (Wildman–Crippen MR) is 70.1 cm³/mol. The maximum absolute atomic E-state index is 10.5. The SMILES string of the molecule is COCCOCC(O)CN1CCC(CCC(=O)O)C1. The number of rotatable bonds is 10. The van der Waals surface area contributed by atoms with Gasteiger partial charge in [0.15, 0.2) is 0 Å². The molecule has 1 rings (SSSR count). The number of aliphatic hydroxyl groups excluding tert-OH is 1. The molecular formula is C13H25NO5. The molecule has 0 saturated carbocycles. The Morgan fingerprint density at radius 3 is 2.95 bits per heavy atom. The number of aliphatic hydroxyl groups is 1. The summed E-state index contributed by atoms with van der Waals surface area (Å²) in [6, 6.07) is 0. The van der Waals surface area contributed by atoms with Crippen molar-refractivity contribution in [1.82, 2.24) is 4.90 Å². The molecule has 19 heavy (non-hydrogen) atoms. The second-order valence-corrected chi connectivity index (χ2v) is 5.07. The molecular weight excluding hydrogens is 250 g/mol. The number of nitrogens with zero attached hydrogens (tertiary/aromatic N) is 1. The van der Waals surface area contributed by atoms with E-state index >= 15 is 0 Å².